The van der Waals surface area contributed by atoms with Crippen LogP contribution in [0.15, 0.2) is 0 Å². The quantitative estimate of drug-likeness (QED) is 0.0920. The van der Waals surface area contributed by atoms with Crippen LogP contribution in [-0.2, 0) is 4.79 Å². The number of aliphatic hydroxyl groups is 1. The van der Waals surface area contributed by atoms with Crippen molar-refractivity contribution in [2.45, 2.75) is 213 Å². The van der Waals surface area contributed by atoms with E-state index in [1.54, 1.807) is 0 Å². The van der Waals surface area contributed by atoms with Gasteiger partial charge in [-0.15, -0.1) is 0 Å². The Labute approximate surface area is 233 Å². The maximum Gasteiger partial charge on any atom is 0.220 e. The zero-order valence-electron chi connectivity index (χ0n) is 25.8. The fourth-order valence-electron chi connectivity index (χ4n) is 5.35. The number of hydrogen-bond acceptors (Lipinski definition) is 2. The van der Waals surface area contributed by atoms with E-state index in [9.17, 15) is 9.90 Å². The summed E-state index contributed by atoms with van der Waals surface area (Å²) in [5, 5.41) is 13.4. The highest BCUT2D eigenvalue weighted by atomic mass is 16.3. The van der Waals surface area contributed by atoms with E-state index in [-0.39, 0.29) is 11.9 Å². The van der Waals surface area contributed by atoms with Gasteiger partial charge in [-0.1, -0.05) is 174 Å². The van der Waals surface area contributed by atoms with Crippen molar-refractivity contribution in [3.8, 4) is 0 Å². The Bertz CT molecular complexity index is 453. The van der Waals surface area contributed by atoms with Crippen LogP contribution in [0.1, 0.15) is 201 Å². The molecule has 0 aliphatic heterocycles. The molecule has 0 unspecified atom stereocenters. The number of amides is 1. The summed E-state index contributed by atoms with van der Waals surface area (Å²) in [6.07, 6.45) is 35.7. The van der Waals surface area contributed by atoms with Gasteiger partial charge in [-0.25, -0.2) is 0 Å². The Kier molecular flexibility index (Phi) is 29.5. The van der Waals surface area contributed by atoms with Gasteiger partial charge in [-0.2, -0.15) is 0 Å². The second kappa shape index (κ2) is 30.0. The Hall–Kier alpha value is -0.570. The molecule has 0 aromatic carbocycles. The maximum atomic E-state index is 12.2. The van der Waals surface area contributed by atoms with Gasteiger partial charge in [0.25, 0.3) is 0 Å². The van der Waals surface area contributed by atoms with Crippen molar-refractivity contribution >= 4 is 5.91 Å². The van der Waals surface area contributed by atoms with Gasteiger partial charge in [-0.3, -0.25) is 4.79 Å². The van der Waals surface area contributed by atoms with Gasteiger partial charge < -0.3 is 10.4 Å². The summed E-state index contributed by atoms with van der Waals surface area (Å²) in [4.78, 5) is 12.2. The summed E-state index contributed by atoms with van der Waals surface area (Å²) in [7, 11) is 0. The molecule has 0 aromatic rings. The predicted molar refractivity (Wildman–Crippen MR) is 164 cm³/mol. The van der Waals surface area contributed by atoms with E-state index in [2.05, 4.69) is 19.2 Å². The van der Waals surface area contributed by atoms with Gasteiger partial charge >= 0.3 is 0 Å². The van der Waals surface area contributed by atoms with Crippen molar-refractivity contribution in [2.75, 3.05) is 0 Å². The number of nitrogens with one attached hydrogen (secondary N) is 1. The lowest BCUT2D eigenvalue weighted by molar-refractivity contribution is -0.122. The molecule has 0 aliphatic carbocycles. The molecule has 0 heterocycles. The van der Waals surface area contributed by atoms with Crippen molar-refractivity contribution < 1.29 is 9.90 Å². The molecule has 0 spiro atoms. The molecule has 0 saturated heterocycles. The van der Waals surface area contributed by atoms with Gasteiger partial charge in [0.1, 0.15) is 0 Å². The van der Waals surface area contributed by atoms with Crippen molar-refractivity contribution in [3.63, 3.8) is 0 Å². The Morgan fingerprint density at radius 2 is 0.811 bits per heavy atom. The number of hydrogen-bond donors (Lipinski definition) is 2. The fraction of sp³-hybridized carbons (Fsp3) is 0.971. The van der Waals surface area contributed by atoms with Crippen LogP contribution >= 0.6 is 0 Å². The fourth-order valence-corrected chi connectivity index (χ4v) is 5.35. The summed E-state index contributed by atoms with van der Waals surface area (Å²) in [6.45, 7) is 6.51. The first kappa shape index (κ1) is 36.4. The Balaban J connectivity index is 3.42. The van der Waals surface area contributed by atoms with Crippen LogP contribution in [0.3, 0.4) is 0 Å². The topological polar surface area (TPSA) is 49.3 Å². The highest BCUT2D eigenvalue weighted by Gasteiger charge is 2.15. The van der Waals surface area contributed by atoms with Crippen LogP contribution in [0, 0.1) is 0 Å². The van der Waals surface area contributed by atoms with E-state index in [4.69, 9.17) is 0 Å². The summed E-state index contributed by atoms with van der Waals surface area (Å²) in [5.74, 6) is 0.111. The Morgan fingerprint density at radius 1 is 0.514 bits per heavy atom. The normalized spacial score (nSPS) is 13.1. The third-order valence-electron chi connectivity index (χ3n) is 8.08. The highest BCUT2D eigenvalue weighted by Crippen LogP contribution is 2.15. The molecule has 0 aromatic heterocycles. The van der Waals surface area contributed by atoms with E-state index in [0.717, 1.165) is 25.7 Å². The van der Waals surface area contributed by atoms with Crippen LogP contribution in [0.25, 0.3) is 0 Å². The monoisotopic (exact) mass is 524 g/mol. The van der Waals surface area contributed by atoms with Gasteiger partial charge in [-0.05, 0) is 19.8 Å². The lowest BCUT2D eigenvalue weighted by Gasteiger charge is -2.20. The number of carbonyl (C=O) groups is 1. The largest absolute Gasteiger partial charge is 0.391 e. The van der Waals surface area contributed by atoms with Crippen molar-refractivity contribution in [3.05, 3.63) is 0 Å². The molecule has 2 N–H and O–H groups in total. The molecule has 0 bridgehead atoms. The van der Waals surface area contributed by atoms with Gasteiger partial charge in [0, 0.05) is 6.42 Å². The minimum atomic E-state index is -0.414. The van der Waals surface area contributed by atoms with Gasteiger partial charge in [0.2, 0.25) is 5.91 Å². The van der Waals surface area contributed by atoms with Crippen molar-refractivity contribution in [1.29, 1.82) is 0 Å². The zero-order chi connectivity index (χ0) is 27.2. The number of carbonyl (C=O) groups excluding carboxylic acids is 1. The van der Waals surface area contributed by atoms with Crippen LogP contribution < -0.4 is 5.32 Å². The van der Waals surface area contributed by atoms with Crippen molar-refractivity contribution in [2.24, 2.45) is 0 Å². The molecular formula is C34H69NO2. The first-order valence-corrected chi connectivity index (χ1v) is 17.1. The average Bonchev–Trinajstić information content (AvgIpc) is 2.89. The SMILES string of the molecule is CCCCCCCCCCCCCCCC(=O)N[C@@H](C)[C@H](O)CCCCCCCCCCCCCCC. The third kappa shape index (κ3) is 28.3. The van der Waals surface area contributed by atoms with Crippen LogP contribution in [0.5, 0.6) is 0 Å². The third-order valence-corrected chi connectivity index (χ3v) is 8.08. The van der Waals surface area contributed by atoms with Crippen molar-refractivity contribution in [1.82, 2.24) is 5.32 Å². The molecule has 0 rings (SSSR count). The van der Waals surface area contributed by atoms with Gasteiger partial charge in [0.05, 0.1) is 12.1 Å². The van der Waals surface area contributed by atoms with E-state index in [1.165, 1.54) is 148 Å². The highest BCUT2D eigenvalue weighted by molar-refractivity contribution is 5.76. The lowest BCUT2D eigenvalue weighted by Crippen LogP contribution is -2.41. The standard InChI is InChI=1S/C34H69NO2/c1-4-6-8-10-12-14-16-18-20-22-24-26-28-30-33(36)32(3)35-34(37)31-29-27-25-23-21-19-17-15-13-11-9-7-5-2/h32-33,36H,4-31H2,1-3H3,(H,35,37)/t32-,33+/m0/s1. The maximum absolute atomic E-state index is 12.2. The number of rotatable bonds is 30. The Morgan fingerprint density at radius 3 is 1.16 bits per heavy atom. The van der Waals surface area contributed by atoms with Crippen LogP contribution in [0.4, 0.5) is 0 Å². The lowest BCUT2D eigenvalue weighted by atomic mass is 10.0. The molecule has 3 heteroatoms. The van der Waals surface area contributed by atoms with Crippen LogP contribution in [0.2, 0.25) is 0 Å². The second-order valence-corrected chi connectivity index (χ2v) is 11.9. The average molecular weight is 524 g/mol. The summed E-state index contributed by atoms with van der Waals surface area (Å²) in [6, 6.07) is -0.133. The summed E-state index contributed by atoms with van der Waals surface area (Å²) >= 11 is 0. The number of aliphatic hydroxyl groups excluding tert-OH is 1. The molecule has 0 aliphatic rings. The molecule has 0 fully saturated rings. The van der Waals surface area contributed by atoms with E-state index in [1.807, 2.05) is 6.92 Å². The van der Waals surface area contributed by atoms with E-state index < -0.39 is 6.10 Å². The molecule has 3 nitrogen and oxygen atoms in total. The molecule has 0 saturated carbocycles. The molecule has 1 amide bonds. The minimum absolute atomic E-state index is 0.111. The van der Waals surface area contributed by atoms with Gasteiger partial charge in [0.15, 0.2) is 0 Å². The smallest absolute Gasteiger partial charge is 0.220 e. The van der Waals surface area contributed by atoms with E-state index >= 15 is 0 Å². The molecule has 2 atom stereocenters. The zero-order valence-corrected chi connectivity index (χ0v) is 25.8. The first-order chi connectivity index (χ1) is 18.1. The second-order valence-electron chi connectivity index (χ2n) is 11.9. The summed E-state index contributed by atoms with van der Waals surface area (Å²) < 4.78 is 0. The molecular weight excluding hydrogens is 454 g/mol. The molecule has 0 radical (unpaired) electrons. The van der Waals surface area contributed by atoms with Crippen LogP contribution in [-0.4, -0.2) is 23.2 Å². The molecule has 37 heavy (non-hydrogen) atoms. The predicted octanol–water partition coefficient (Wildman–Crippen LogP) is 10.8. The minimum Gasteiger partial charge on any atom is -0.391 e. The summed E-state index contributed by atoms with van der Waals surface area (Å²) in [5.41, 5.74) is 0. The van der Waals surface area contributed by atoms with E-state index in [0.29, 0.717) is 6.42 Å². The molecule has 222 valence electrons. The first-order valence-electron chi connectivity index (χ1n) is 17.1. The number of unbranched alkanes of at least 4 members (excludes halogenated alkanes) is 24.